The van der Waals surface area contributed by atoms with Gasteiger partial charge < -0.3 is 5.73 Å². The molecular formula is C15H8BrCl2N3S4. The Morgan fingerprint density at radius 2 is 1.60 bits per heavy atom. The van der Waals surface area contributed by atoms with Gasteiger partial charge in [-0.2, -0.15) is 0 Å². The van der Waals surface area contributed by atoms with Gasteiger partial charge in [0.15, 0.2) is 5.13 Å². The molecule has 0 saturated carbocycles. The number of hydrogen-bond donors (Lipinski definition) is 1. The average molecular weight is 509 g/mol. The fraction of sp³-hybridized carbons (Fsp3) is 0.0667. The number of hydrogen-bond acceptors (Lipinski definition) is 7. The molecule has 0 radical (unpaired) electrons. The summed E-state index contributed by atoms with van der Waals surface area (Å²) < 4.78 is 0.999. The van der Waals surface area contributed by atoms with Crippen LogP contribution in [-0.2, 0) is 6.42 Å². The minimum atomic E-state index is 0.551. The maximum atomic E-state index is 6.05. The lowest BCUT2D eigenvalue weighted by molar-refractivity contribution is 1.16. The van der Waals surface area contributed by atoms with E-state index in [9.17, 15) is 0 Å². The molecule has 128 valence electrons. The summed E-state index contributed by atoms with van der Waals surface area (Å²) in [5, 5.41) is 6.80. The summed E-state index contributed by atoms with van der Waals surface area (Å²) in [6.07, 6.45) is 0.683. The number of anilines is 1. The van der Waals surface area contributed by atoms with Crippen LogP contribution in [0.5, 0.6) is 0 Å². The van der Waals surface area contributed by atoms with Crippen LogP contribution in [-0.4, -0.2) is 9.97 Å². The summed E-state index contributed by atoms with van der Waals surface area (Å²) in [7, 11) is 0. The van der Waals surface area contributed by atoms with Gasteiger partial charge in [-0.15, -0.1) is 45.3 Å². The van der Waals surface area contributed by atoms with Crippen LogP contribution in [0.1, 0.15) is 9.88 Å². The van der Waals surface area contributed by atoms with Gasteiger partial charge in [-0.05, 0) is 28.1 Å². The largest absolute Gasteiger partial charge is 0.375 e. The lowest BCUT2D eigenvalue weighted by Gasteiger charge is -1.97. The number of halogens is 3. The van der Waals surface area contributed by atoms with Crippen molar-refractivity contribution >= 4 is 89.6 Å². The number of rotatable bonds is 4. The van der Waals surface area contributed by atoms with Gasteiger partial charge in [0.1, 0.15) is 5.69 Å². The normalized spacial score (nSPS) is 11.3. The molecule has 4 rings (SSSR count). The van der Waals surface area contributed by atoms with Crippen LogP contribution in [0, 0.1) is 0 Å². The highest BCUT2D eigenvalue weighted by atomic mass is 79.9. The third kappa shape index (κ3) is 3.80. The second kappa shape index (κ2) is 7.26. The molecule has 0 aromatic carbocycles. The molecule has 25 heavy (non-hydrogen) atoms. The minimum Gasteiger partial charge on any atom is -0.375 e. The predicted octanol–water partition coefficient (Wildman–Crippen LogP) is 7.30. The van der Waals surface area contributed by atoms with Crippen LogP contribution in [0.25, 0.3) is 21.1 Å². The number of nitrogens with zero attached hydrogens (tertiary/aromatic N) is 2. The minimum absolute atomic E-state index is 0.551. The Morgan fingerprint density at radius 1 is 0.960 bits per heavy atom. The van der Waals surface area contributed by atoms with Gasteiger partial charge in [0.2, 0.25) is 0 Å². The molecule has 0 aliphatic rings. The van der Waals surface area contributed by atoms with Crippen molar-refractivity contribution in [2.75, 3.05) is 5.73 Å². The topological polar surface area (TPSA) is 51.8 Å². The molecule has 4 heterocycles. The molecule has 10 heteroatoms. The Balaban J connectivity index is 1.67. The standard InChI is InChI=1S/C15H8BrCl2N3S4/c16-14-13(9-2-7(18)5-23-9)20-11(25-14)3-10-12(21-15(19)24-10)8-1-6(17)4-22-8/h1-2,4-5H,3H2,(H2,19,21). The first-order valence-corrected chi connectivity index (χ1v) is 11.8. The van der Waals surface area contributed by atoms with Crippen molar-refractivity contribution in [1.29, 1.82) is 0 Å². The van der Waals surface area contributed by atoms with Crippen LogP contribution >= 0.6 is 84.5 Å². The van der Waals surface area contributed by atoms with E-state index in [1.807, 2.05) is 22.9 Å². The van der Waals surface area contributed by atoms with E-state index in [-0.39, 0.29) is 0 Å². The van der Waals surface area contributed by atoms with Crippen LogP contribution in [0.2, 0.25) is 10.0 Å². The third-order valence-corrected chi connectivity index (χ3v) is 8.42. The summed E-state index contributed by atoms with van der Waals surface area (Å²) in [4.78, 5) is 12.4. The van der Waals surface area contributed by atoms with Crippen molar-refractivity contribution < 1.29 is 0 Å². The molecule has 0 saturated heterocycles. The van der Waals surface area contributed by atoms with Crippen molar-refractivity contribution in [3.05, 3.63) is 46.6 Å². The number of nitrogens with two attached hydrogens (primary N) is 1. The van der Waals surface area contributed by atoms with Crippen molar-refractivity contribution in [3.63, 3.8) is 0 Å². The zero-order chi connectivity index (χ0) is 17.6. The van der Waals surface area contributed by atoms with Crippen molar-refractivity contribution in [2.45, 2.75) is 6.42 Å². The molecule has 4 aromatic rings. The number of thiazole rings is 2. The summed E-state index contributed by atoms with van der Waals surface area (Å²) >= 11 is 22.0. The van der Waals surface area contributed by atoms with Crippen molar-refractivity contribution in [2.24, 2.45) is 0 Å². The molecule has 4 aromatic heterocycles. The van der Waals surface area contributed by atoms with Crippen LogP contribution in [0.3, 0.4) is 0 Å². The molecule has 0 fully saturated rings. The Morgan fingerprint density at radius 3 is 2.20 bits per heavy atom. The van der Waals surface area contributed by atoms with E-state index in [4.69, 9.17) is 33.9 Å². The third-order valence-electron chi connectivity index (χ3n) is 3.26. The van der Waals surface area contributed by atoms with Gasteiger partial charge in [0.05, 0.1) is 34.3 Å². The zero-order valence-corrected chi connectivity index (χ0v) is 18.6. The predicted molar refractivity (Wildman–Crippen MR) is 116 cm³/mol. The van der Waals surface area contributed by atoms with Crippen LogP contribution < -0.4 is 5.73 Å². The summed E-state index contributed by atoms with van der Waals surface area (Å²) in [6, 6.07) is 3.85. The average Bonchev–Trinajstić information content (AvgIpc) is 3.29. The van der Waals surface area contributed by atoms with Gasteiger partial charge >= 0.3 is 0 Å². The van der Waals surface area contributed by atoms with E-state index in [1.54, 1.807) is 34.0 Å². The van der Waals surface area contributed by atoms with E-state index in [0.717, 1.165) is 39.8 Å². The molecule has 0 atom stereocenters. The zero-order valence-electron chi connectivity index (χ0n) is 12.3. The number of thiophene rings is 2. The Labute approximate surface area is 178 Å². The SMILES string of the molecule is Nc1nc(-c2cc(Cl)cs2)c(Cc2nc(-c3cc(Cl)cs3)c(Br)s2)s1. The molecule has 3 nitrogen and oxygen atoms in total. The summed E-state index contributed by atoms with van der Waals surface area (Å²) in [5.74, 6) is 0. The van der Waals surface area contributed by atoms with E-state index >= 15 is 0 Å². The first-order valence-electron chi connectivity index (χ1n) is 6.89. The van der Waals surface area contributed by atoms with Gasteiger partial charge in [-0.1, -0.05) is 23.2 Å². The lowest BCUT2D eigenvalue weighted by Crippen LogP contribution is -1.87. The molecule has 0 unspecified atom stereocenters. The number of aromatic nitrogens is 2. The fourth-order valence-electron chi connectivity index (χ4n) is 2.26. The highest BCUT2D eigenvalue weighted by Gasteiger charge is 2.18. The molecular weight excluding hydrogens is 501 g/mol. The van der Waals surface area contributed by atoms with Gasteiger partial charge in [0.25, 0.3) is 0 Å². The van der Waals surface area contributed by atoms with E-state index in [1.165, 1.54) is 11.3 Å². The molecule has 0 aliphatic heterocycles. The Hall–Kier alpha value is -0.480. The first kappa shape index (κ1) is 17.9. The Kier molecular flexibility index (Phi) is 5.20. The maximum absolute atomic E-state index is 6.05. The molecule has 0 amide bonds. The molecule has 0 aliphatic carbocycles. The lowest BCUT2D eigenvalue weighted by atomic mass is 10.2. The van der Waals surface area contributed by atoms with E-state index < -0.39 is 0 Å². The maximum Gasteiger partial charge on any atom is 0.180 e. The van der Waals surface area contributed by atoms with Gasteiger partial charge in [-0.25, -0.2) is 9.97 Å². The first-order chi connectivity index (χ1) is 12.0. The van der Waals surface area contributed by atoms with Gasteiger partial charge in [0, 0.05) is 22.1 Å². The van der Waals surface area contributed by atoms with Gasteiger partial charge in [-0.3, -0.25) is 0 Å². The van der Waals surface area contributed by atoms with Crippen molar-refractivity contribution in [3.8, 4) is 21.1 Å². The summed E-state index contributed by atoms with van der Waals surface area (Å²) in [6.45, 7) is 0. The quantitative estimate of drug-likeness (QED) is 0.314. The molecule has 0 spiro atoms. The van der Waals surface area contributed by atoms with E-state index in [0.29, 0.717) is 16.6 Å². The highest BCUT2D eigenvalue weighted by molar-refractivity contribution is 9.11. The monoisotopic (exact) mass is 507 g/mol. The van der Waals surface area contributed by atoms with E-state index in [2.05, 4.69) is 20.9 Å². The number of nitrogen functional groups attached to an aromatic ring is 1. The van der Waals surface area contributed by atoms with Crippen molar-refractivity contribution in [1.82, 2.24) is 9.97 Å². The second-order valence-corrected chi connectivity index (χ2v) is 11.2. The summed E-state index contributed by atoms with van der Waals surface area (Å²) in [5.41, 5.74) is 7.77. The van der Waals surface area contributed by atoms with Crippen LogP contribution in [0.4, 0.5) is 5.13 Å². The van der Waals surface area contributed by atoms with Crippen LogP contribution in [0.15, 0.2) is 26.7 Å². The highest BCUT2D eigenvalue weighted by Crippen LogP contribution is 2.40. The molecule has 0 bridgehead atoms. The fourth-order valence-corrected chi connectivity index (χ4v) is 7.30. The Bertz CT molecular complexity index is 1050. The second-order valence-electron chi connectivity index (χ2n) is 4.99. The molecule has 2 N–H and O–H groups in total. The smallest absolute Gasteiger partial charge is 0.180 e.